The summed E-state index contributed by atoms with van der Waals surface area (Å²) in [5, 5.41) is -0.502. The predicted molar refractivity (Wildman–Crippen MR) is 75.4 cm³/mol. The Morgan fingerprint density at radius 2 is 1.94 bits per heavy atom. The lowest BCUT2D eigenvalue weighted by Gasteiger charge is -2.12. The molecule has 1 aromatic rings. The molecule has 4 nitrogen and oxygen atoms in total. The number of benzene rings is 1. The number of carbonyl (C=O) groups excluding carboxylic acids is 2. The number of nitrogens with two attached hydrogens (primary N) is 1. The Balaban J connectivity index is 2.05. The van der Waals surface area contributed by atoms with E-state index >= 15 is 0 Å². The second-order valence-electron chi connectivity index (χ2n) is 3.98. The van der Waals surface area contributed by atoms with E-state index in [-0.39, 0.29) is 16.4 Å². The first-order valence-corrected chi connectivity index (χ1v) is 7.25. The fourth-order valence-electron chi connectivity index (χ4n) is 1.79. The van der Waals surface area contributed by atoms with Crippen molar-refractivity contribution in [1.29, 1.82) is 0 Å². The van der Waals surface area contributed by atoms with Gasteiger partial charge in [-0.05, 0) is 24.1 Å². The van der Waals surface area contributed by atoms with Gasteiger partial charge in [-0.2, -0.15) is 0 Å². The summed E-state index contributed by atoms with van der Waals surface area (Å²) in [4.78, 5) is 24.9. The molecule has 18 heavy (non-hydrogen) atoms. The summed E-state index contributed by atoms with van der Waals surface area (Å²) in [7, 11) is 0. The molecule has 0 bridgehead atoms. The maximum atomic E-state index is 12.0. The van der Waals surface area contributed by atoms with Gasteiger partial charge in [0.1, 0.15) is 0 Å². The first-order chi connectivity index (χ1) is 8.61. The molecule has 2 N–H and O–H groups in total. The van der Waals surface area contributed by atoms with Crippen molar-refractivity contribution in [1.82, 2.24) is 4.90 Å². The lowest BCUT2D eigenvalue weighted by molar-refractivity contribution is -0.126. The van der Waals surface area contributed by atoms with Crippen LogP contribution in [0.4, 0.5) is 4.79 Å². The SMILES string of the molecule is NCCN1C(=O)SC(Cc2ccc(Br)cc2)C1=O. The van der Waals surface area contributed by atoms with Crippen LogP contribution in [-0.4, -0.2) is 34.4 Å². The number of rotatable bonds is 4. The molecule has 0 radical (unpaired) electrons. The van der Waals surface area contributed by atoms with Crippen LogP contribution in [0, 0.1) is 0 Å². The van der Waals surface area contributed by atoms with Crippen molar-refractivity contribution in [3.8, 4) is 0 Å². The van der Waals surface area contributed by atoms with Gasteiger partial charge in [0.15, 0.2) is 0 Å². The van der Waals surface area contributed by atoms with Gasteiger partial charge in [0.2, 0.25) is 5.91 Å². The molecule has 1 saturated heterocycles. The van der Waals surface area contributed by atoms with E-state index in [0.29, 0.717) is 19.5 Å². The maximum Gasteiger partial charge on any atom is 0.289 e. The Labute approximate surface area is 118 Å². The number of imide groups is 1. The van der Waals surface area contributed by atoms with Gasteiger partial charge in [-0.15, -0.1) is 0 Å². The van der Waals surface area contributed by atoms with Crippen LogP contribution in [0.3, 0.4) is 0 Å². The third-order valence-electron chi connectivity index (χ3n) is 2.69. The predicted octanol–water partition coefficient (Wildman–Crippen LogP) is 2.01. The summed E-state index contributed by atoms with van der Waals surface area (Å²) in [5.74, 6) is -0.127. The third kappa shape index (κ3) is 2.93. The molecule has 6 heteroatoms. The van der Waals surface area contributed by atoms with Crippen molar-refractivity contribution >= 4 is 38.8 Å². The summed E-state index contributed by atoms with van der Waals surface area (Å²) in [6.45, 7) is 0.616. The minimum Gasteiger partial charge on any atom is -0.329 e. The Kier molecular flexibility index (Phi) is 4.42. The van der Waals surface area contributed by atoms with Gasteiger partial charge in [-0.25, -0.2) is 0 Å². The normalized spacial score (nSPS) is 19.7. The van der Waals surface area contributed by atoms with Crippen LogP contribution >= 0.6 is 27.7 Å². The van der Waals surface area contributed by atoms with Gasteiger partial charge in [-0.1, -0.05) is 39.8 Å². The second-order valence-corrected chi connectivity index (χ2v) is 6.05. The van der Waals surface area contributed by atoms with Crippen LogP contribution in [-0.2, 0) is 11.2 Å². The molecule has 0 aromatic heterocycles. The van der Waals surface area contributed by atoms with Crippen LogP contribution in [0.1, 0.15) is 5.56 Å². The number of amides is 2. The van der Waals surface area contributed by atoms with Crippen LogP contribution in [0.25, 0.3) is 0 Å². The average molecular weight is 329 g/mol. The average Bonchev–Trinajstić information content (AvgIpc) is 2.60. The van der Waals surface area contributed by atoms with Gasteiger partial charge >= 0.3 is 0 Å². The summed E-state index contributed by atoms with van der Waals surface area (Å²) in [6.07, 6.45) is 0.573. The quantitative estimate of drug-likeness (QED) is 0.918. The number of halogens is 1. The third-order valence-corrected chi connectivity index (χ3v) is 4.30. The number of hydrogen-bond acceptors (Lipinski definition) is 4. The minimum atomic E-state index is -0.315. The van der Waals surface area contributed by atoms with Crippen molar-refractivity contribution in [3.63, 3.8) is 0 Å². The van der Waals surface area contributed by atoms with Crippen molar-refractivity contribution in [2.24, 2.45) is 5.73 Å². The first-order valence-electron chi connectivity index (χ1n) is 5.58. The molecule has 0 aliphatic carbocycles. The van der Waals surface area contributed by atoms with E-state index in [2.05, 4.69) is 15.9 Å². The van der Waals surface area contributed by atoms with E-state index in [1.165, 1.54) is 4.90 Å². The van der Waals surface area contributed by atoms with Gasteiger partial charge in [0.05, 0.1) is 5.25 Å². The highest BCUT2D eigenvalue weighted by atomic mass is 79.9. The van der Waals surface area contributed by atoms with Gasteiger partial charge in [-0.3, -0.25) is 14.5 Å². The molecule has 2 rings (SSSR count). The van der Waals surface area contributed by atoms with Crippen LogP contribution in [0.2, 0.25) is 0 Å². The highest BCUT2D eigenvalue weighted by Crippen LogP contribution is 2.29. The van der Waals surface area contributed by atoms with Crippen LogP contribution in [0.15, 0.2) is 28.7 Å². The van der Waals surface area contributed by atoms with Crippen molar-refractivity contribution in [2.75, 3.05) is 13.1 Å². The van der Waals surface area contributed by atoms with Crippen LogP contribution in [0.5, 0.6) is 0 Å². The van der Waals surface area contributed by atoms with E-state index in [4.69, 9.17) is 5.73 Å². The number of thioether (sulfide) groups is 1. The first kappa shape index (κ1) is 13.6. The second kappa shape index (κ2) is 5.86. The van der Waals surface area contributed by atoms with Gasteiger partial charge in [0, 0.05) is 17.6 Å². The summed E-state index contributed by atoms with van der Waals surface area (Å²) in [5.41, 5.74) is 6.43. The van der Waals surface area contributed by atoms with Crippen molar-refractivity contribution < 1.29 is 9.59 Å². The maximum absolute atomic E-state index is 12.0. The highest BCUT2D eigenvalue weighted by molar-refractivity contribution is 9.10. The molecule has 1 unspecified atom stereocenters. The molecule has 1 heterocycles. The topological polar surface area (TPSA) is 63.4 Å². The molecule has 0 spiro atoms. The minimum absolute atomic E-state index is 0.127. The van der Waals surface area contributed by atoms with E-state index in [1.807, 2.05) is 24.3 Å². The molecule has 96 valence electrons. The lowest BCUT2D eigenvalue weighted by Crippen LogP contribution is -2.36. The summed E-state index contributed by atoms with van der Waals surface area (Å²) < 4.78 is 0.998. The van der Waals surface area contributed by atoms with E-state index in [1.54, 1.807) is 0 Å². The fourth-order valence-corrected chi connectivity index (χ4v) is 3.11. The number of nitrogens with zero attached hydrogens (tertiary/aromatic N) is 1. The Morgan fingerprint density at radius 1 is 1.28 bits per heavy atom. The van der Waals surface area contributed by atoms with Crippen LogP contribution < -0.4 is 5.73 Å². The molecule has 2 amide bonds. The lowest BCUT2D eigenvalue weighted by atomic mass is 10.1. The van der Waals surface area contributed by atoms with Crippen molar-refractivity contribution in [3.05, 3.63) is 34.3 Å². The zero-order valence-electron chi connectivity index (χ0n) is 9.64. The Morgan fingerprint density at radius 3 is 2.56 bits per heavy atom. The molecule has 1 aromatic carbocycles. The zero-order chi connectivity index (χ0) is 13.1. The number of carbonyl (C=O) groups is 2. The molecular formula is C12H13BrN2O2S. The smallest absolute Gasteiger partial charge is 0.289 e. The molecule has 0 saturated carbocycles. The van der Waals surface area contributed by atoms with Gasteiger partial charge < -0.3 is 5.73 Å². The molecular weight excluding hydrogens is 316 g/mol. The molecule has 1 fully saturated rings. The Bertz CT molecular complexity index is 464. The monoisotopic (exact) mass is 328 g/mol. The van der Waals surface area contributed by atoms with Crippen molar-refractivity contribution in [2.45, 2.75) is 11.7 Å². The highest BCUT2D eigenvalue weighted by Gasteiger charge is 2.38. The molecule has 1 atom stereocenters. The zero-order valence-corrected chi connectivity index (χ0v) is 12.0. The summed E-state index contributed by atoms with van der Waals surface area (Å²) >= 11 is 4.45. The van der Waals surface area contributed by atoms with E-state index in [9.17, 15) is 9.59 Å². The Hall–Kier alpha value is -0.850. The molecule has 1 aliphatic heterocycles. The summed E-state index contributed by atoms with van der Waals surface area (Å²) in [6, 6.07) is 7.76. The largest absolute Gasteiger partial charge is 0.329 e. The van der Waals surface area contributed by atoms with E-state index < -0.39 is 0 Å². The van der Waals surface area contributed by atoms with Gasteiger partial charge in [0.25, 0.3) is 5.24 Å². The fraction of sp³-hybridized carbons (Fsp3) is 0.333. The standard InChI is InChI=1S/C12H13BrN2O2S/c13-9-3-1-8(2-4-9)7-10-11(16)15(6-5-14)12(17)18-10/h1-4,10H,5-7,14H2. The molecule has 1 aliphatic rings. The number of hydrogen-bond donors (Lipinski definition) is 1. The van der Waals surface area contributed by atoms with E-state index in [0.717, 1.165) is 21.8 Å².